The minimum Gasteiger partial charge on any atom is -0.378 e. The van der Waals surface area contributed by atoms with E-state index in [4.69, 9.17) is 0 Å². The summed E-state index contributed by atoms with van der Waals surface area (Å²) in [6.07, 6.45) is 2.10. The summed E-state index contributed by atoms with van der Waals surface area (Å²) in [7, 11) is 0. The first-order valence-electron chi connectivity index (χ1n) is 7.02. The van der Waals surface area contributed by atoms with Crippen molar-refractivity contribution in [3.05, 3.63) is 53.9 Å². The van der Waals surface area contributed by atoms with Gasteiger partial charge in [0.25, 0.3) is 0 Å². The molecule has 4 heteroatoms. The predicted octanol–water partition coefficient (Wildman–Crippen LogP) is 4.77. The van der Waals surface area contributed by atoms with Crippen LogP contribution in [-0.4, -0.2) is 16.2 Å². The van der Waals surface area contributed by atoms with Crippen LogP contribution in [0.15, 0.2) is 47.4 Å². The van der Waals surface area contributed by atoms with Crippen LogP contribution in [0.5, 0.6) is 0 Å². The highest BCUT2D eigenvalue weighted by Crippen LogP contribution is 2.24. The second kappa shape index (κ2) is 5.82. The number of hydrogen-bond donors (Lipinski definition) is 2. The lowest BCUT2D eigenvalue weighted by Crippen LogP contribution is -2.06. The number of aromatic nitrogens is 2. The molecule has 0 fully saturated rings. The van der Waals surface area contributed by atoms with Crippen LogP contribution in [0.4, 0.5) is 5.69 Å². The summed E-state index contributed by atoms with van der Waals surface area (Å²) in [4.78, 5) is 8.99. The van der Waals surface area contributed by atoms with Crippen molar-refractivity contribution < 1.29 is 0 Å². The van der Waals surface area contributed by atoms with E-state index in [1.165, 1.54) is 10.5 Å². The average molecular weight is 297 g/mol. The molecule has 3 rings (SSSR count). The molecule has 0 spiro atoms. The Labute approximate surface area is 129 Å². The van der Waals surface area contributed by atoms with Gasteiger partial charge >= 0.3 is 0 Å². The van der Waals surface area contributed by atoms with Gasteiger partial charge in [-0.3, -0.25) is 0 Å². The van der Waals surface area contributed by atoms with Gasteiger partial charge < -0.3 is 10.3 Å². The van der Waals surface area contributed by atoms with Gasteiger partial charge in [-0.05, 0) is 56.0 Å². The third-order valence-corrected chi connectivity index (χ3v) is 4.34. The van der Waals surface area contributed by atoms with Crippen molar-refractivity contribution in [3.63, 3.8) is 0 Å². The Morgan fingerprint density at radius 2 is 1.90 bits per heavy atom. The van der Waals surface area contributed by atoms with Crippen LogP contribution >= 0.6 is 11.8 Å². The highest BCUT2D eigenvalue weighted by molar-refractivity contribution is 7.98. The van der Waals surface area contributed by atoms with E-state index in [-0.39, 0.29) is 6.04 Å². The Hall–Kier alpha value is -1.94. The zero-order valence-corrected chi connectivity index (χ0v) is 13.3. The van der Waals surface area contributed by atoms with Crippen molar-refractivity contribution in [3.8, 4) is 0 Å². The highest BCUT2D eigenvalue weighted by atomic mass is 32.2. The maximum atomic E-state index is 4.43. The molecule has 0 amide bonds. The van der Waals surface area contributed by atoms with Gasteiger partial charge in [0.05, 0.1) is 11.0 Å². The smallest absolute Gasteiger partial charge is 0.104 e. The van der Waals surface area contributed by atoms with Crippen molar-refractivity contribution in [1.82, 2.24) is 9.97 Å². The summed E-state index contributed by atoms with van der Waals surface area (Å²) >= 11 is 1.77. The van der Waals surface area contributed by atoms with Gasteiger partial charge in [-0.15, -0.1) is 11.8 Å². The molecule has 1 atom stereocenters. The summed E-state index contributed by atoms with van der Waals surface area (Å²) in [5.74, 6) is 0.947. The van der Waals surface area contributed by atoms with E-state index in [1.54, 1.807) is 11.8 Å². The molecule has 21 heavy (non-hydrogen) atoms. The number of fused-ring (bicyclic) bond motifs is 1. The lowest BCUT2D eigenvalue weighted by atomic mass is 10.1. The molecule has 108 valence electrons. The molecular weight excluding hydrogens is 278 g/mol. The van der Waals surface area contributed by atoms with Crippen molar-refractivity contribution in [2.45, 2.75) is 24.8 Å². The molecule has 1 aromatic heterocycles. The van der Waals surface area contributed by atoms with Gasteiger partial charge in [0.15, 0.2) is 0 Å². The number of aryl methyl sites for hydroxylation is 1. The van der Waals surface area contributed by atoms with Crippen LogP contribution in [-0.2, 0) is 0 Å². The van der Waals surface area contributed by atoms with Crippen LogP contribution < -0.4 is 5.32 Å². The lowest BCUT2D eigenvalue weighted by molar-refractivity contribution is 0.883. The van der Waals surface area contributed by atoms with E-state index in [9.17, 15) is 0 Å². The van der Waals surface area contributed by atoms with Crippen LogP contribution in [0.3, 0.4) is 0 Å². The zero-order valence-electron chi connectivity index (χ0n) is 12.5. The Bertz CT molecular complexity index is 746. The number of hydrogen-bond acceptors (Lipinski definition) is 3. The molecule has 1 heterocycles. The first-order chi connectivity index (χ1) is 10.2. The van der Waals surface area contributed by atoms with E-state index in [2.05, 4.69) is 64.9 Å². The molecule has 0 aliphatic carbocycles. The molecule has 2 N–H and O–H groups in total. The number of benzene rings is 2. The van der Waals surface area contributed by atoms with Crippen molar-refractivity contribution in [1.29, 1.82) is 0 Å². The zero-order chi connectivity index (χ0) is 14.8. The molecular formula is C17H19N3S. The topological polar surface area (TPSA) is 40.7 Å². The van der Waals surface area contributed by atoms with Gasteiger partial charge in [-0.25, -0.2) is 4.98 Å². The molecule has 0 saturated carbocycles. The fourth-order valence-corrected chi connectivity index (χ4v) is 2.86. The SMILES string of the molecule is CSc1ccc(C(C)Nc2ccc3nc(C)[nH]c3c2)cc1. The molecule has 0 aliphatic rings. The summed E-state index contributed by atoms with van der Waals surface area (Å²) in [5, 5.41) is 3.54. The summed E-state index contributed by atoms with van der Waals surface area (Å²) in [6, 6.07) is 15.2. The van der Waals surface area contributed by atoms with E-state index in [0.717, 1.165) is 22.5 Å². The van der Waals surface area contributed by atoms with Gasteiger partial charge in [0.1, 0.15) is 5.82 Å². The van der Waals surface area contributed by atoms with E-state index in [0.29, 0.717) is 0 Å². The summed E-state index contributed by atoms with van der Waals surface area (Å²) in [6.45, 7) is 4.15. The monoisotopic (exact) mass is 297 g/mol. The van der Waals surface area contributed by atoms with Gasteiger partial charge in [-0.1, -0.05) is 12.1 Å². The minimum atomic E-state index is 0.266. The number of imidazole rings is 1. The molecule has 2 aromatic carbocycles. The maximum absolute atomic E-state index is 4.43. The Balaban J connectivity index is 1.79. The number of thioether (sulfide) groups is 1. The van der Waals surface area contributed by atoms with Crippen LogP contribution in [0.25, 0.3) is 11.0 Å². The standard InChI is InChI=1S/C17H19N3S/c1-11(13-4-7-15(21-3)8-5-13)18-14-6-9-16-17(10-14)20-12(2)19-16/h4-11,18H,1-3H3,(H,19,20). The third kappa shape index (κ3) is 3.05. The molecule has 3 nitrogen and oxygen atoms in total. The number of anilines is 1. The summed E-state index contributed by atoms with van der Waals surface area (Å²) in [5.41, 5.74) is 4.47. The maximum Gasteiger partial charge on any atom is 0.104 e. The summed E-state index contributed by atoms with van der Waals surface area (Å²) < 4.78 is 0. The Morgan fingerprint density at radius 3 is 2.62 bits per heavy atom. The quantitative estimate of drug-likeness (QED) is 0.682. The second-order valence-electron chi connectivity index (χ2n) is 5.19. The normalized spacial score (nSPS) is 12.5. The molecule has 0 aliphatic heterocycles. The first-order valence-corrected chi connectivity index (χ1v) is 8.25. The molecule has 3 aromatic rings. The van der Waals surface area contributed by atoms with Crippen molar-refractivity contribution in [2.75, 3.05) is 11.6 Å². The average Bonchev–Trinajstić information content (AvgIpc) is 2.86. The molecule has 0 saturated heterocycles. The van der Waals surface area contributed by atoms with E-state index in [1.807, 2.05) is 13.0 Å². The van der Waals surface area contributed by atoms with Crippen molar-refractivity contribution in [2.24, 2.45) is 0 Å². The number of nitrogens with zero attached hydrogens (tertiary/aromatic N) is 1. The lowest BCUT2D eigenvalue weighted by Gasteiger charge is -2.16. The largest absolute Gasteiger partial charge is 0.378 e. The highest BCUT2D eigenvalue weighted by Gasteiger charge is 2.07. The van der Waals surface area contributed by atoms with Crippen LogP contribution in [0, 0.1) is 6.92 Å². The number of H-pyrrole nitrogens is 1. The van der Waals surface area contributed by atoms with Gasteiger partial charge in [0.2, 0.25) is 0 Å². The van der Waals surface area contributed by atoms with E-state index >= 15 is 0 Å². The van der Waals surface area contributed by atoms with Crippen LogP contribution in [0.1, 0.15) is 24.4 Å². The number of aromatic amines is 1. The molecule has 0 bridgehead atoms. The predicted molar refractivity (Wildman–Crippen MR) is 91.1 cm³/mol. The fraction of sp³-hybridized carbons (Fsp3) is 0.235. The molecule has 0 radical (unpaired) electrons. The Morgan fingerprint density at radius 1 is 1.14 bits per heavy atom. The Kier molecular flexibility index (Phi) is 3.88. The van der Waals surface area contributed by atoms with Crippen molar-refractivity contribution >= 4 is 28.5 Å². The molecule has 1 unspecified atom stereocenters. The number of nitrogens with one attached hydrogen (secondary N) is 2. The fourth-order valence-electron chi connectivity index (χ4n) is 2.45. The van der Waals surface area contributed by atoms with Gasteiger partial charge in [0, 0.05) is 16.6 Å². The number of rotatable bonds is 4. The first kappa shape index (κ1) is 14.0. The van der Waals surface area contributed by atoms with Gasteiger partial charge in [-0.2, -0.15) is 0 Å². The minimum absolute atomic E-state index is 0.266. The third-order valence-electron chi connectivity index (χ3n) is 3.60. The van der Waals surface area contributed by atoms with E-state index < -0.39 is 0 Å². The second-order valence-corrected chi connectivity index (χ2v) is 6.07. The van der Waals surface area contributed by atoms with Crippen LogP contribution in [0.2, 0.25) is 0 Å².